The van der Waals surface area contributed by atoms with Crippen LogP contribution in [-0.4, -0.2) is 46.1 Å². The molecule has 0 atom stereocenters. The molecule has 6 heteroatoms. The minimum absolute atomic E-state index is 0.636. The Morgan fingerprint density at radius 2 is 1.75 bits per heavy atom. The molecule has 0 unspecified atom stereocenters. The SMILES string of the molecule is Cc1cc(N2CCOCC2)nc(-n2nc(C)cc2C)n1. The van der Waals surface area contributed by atoms with E-state index in [-0.39, 0.29) is 0 Å². The van der Waals surface area contributed by atoms with Crippen LogP contribution in [0.5, 0.6) is 0 Å². The van der Waals surface area contributed by atoms with Crippen molar-refractivity contribution in [1.82, 2.24) is 19.7 Å². The molecule has 0 bridgehead atoms. The number of aromatic nitrogens is 4. The zero-order valence-corrected chi connectivity index (χ0v) is 12.1. The highest BCUT2D eigenvalue weighted by Crippen LogP contribution is 2.17. The fraction of sp³-hybridized carbons (Fsp3) is 0.500. The molecule has 0 aromatic carbocycles. The lowest BCUT2D eigenvalue weighted by Gasteiger charge is -2.28. The smallest absolute Gasteiger partial charge is 0.252 e. The first-order valence-electron chi connectivity index (χ1n) is 6.85. The van der Waals surface area contributed by atoms with Crippen molar-refractivity contribution < 1.29 is 4.74 Å². The molecule has 0 amide bonds. The Balaban J connectivity index is 1.99. The van der Waals surface area contributed by atoms with E-state index in [1.807, 2.05) is 32.9 Å². The number of anilines is 1. The first-order chi connectivity index (χ1) is 9.63. The summed E-state index contributed by atoms with van der Waals surface area (Å²) < 4.78 is 7.18. The van der Waals surface area contributed by atoms with E-state index in [1.54, 1.807) is 4.68 Å². The van der Waals surface area contributed by atoms with Crippen molar-refractivity contribution >= 4 is 5.82 Å². The van der Waals surface area contributed by atoms with E-state index in [2.05, 4.69) is 20.0 Å². The van der Waals surface area contributed by atoms with Crippen LogP contribution in [0.25, 0.3) is 5.95 Å². The Bertz CT molecular complexity index is 616. The Morgan fingerprint density at radius 3 is 2.40 bits per heavy atom. The quantitative estimate of drug-likeness (QED) is 0.828. The van der Waals surface area contributed by atoms with Gasteiger partial charge in [-0.15, -0.1) is 0 Å². The summed E-state index contributed by atoms with van der Waals surface area (Å²) in [6.07, 6.45) is 0. The molecule has 1 fully saturated rings. The maximum Gasteiger partial charge on any atom is 0.252 e. The molecule has 20 heavy (non-hydrogen) atoms. The van der Waals surface area contributed by atoms with Crippen LogP contribution < -0.4 is 4.90 Å². The van der Waals surface area contributed by atoms with E-state index in [4.69, 9.17) is 4.74 Å². The fourth-order valence-corrected chi connectivity index (χ4v) is 2.42. The maximum absolute atomic E-state index is 5.39. The van der Waals surface area contributed by atoms with Crippen molar-refractivity contribution in [2.45, 2.75) is 20.8 Å². The minimum atomic E-state index is 0.636. The largest absolute Gasteiger partial charge is 0.378 e. The summed E-state index contributed by atoms with van der Waals surface area (Å²) in [6, 6.07) is 4.04. The second-order valence-electron chi connectivity index (χ2n) is 5.11. The Morgan fingerprint density at radius 1 is 1.00 bits per heavy atom. The van der Waals surface area contributed by atoms with Crippen molar-refractivity contribution in [3.63, 3.8) is 0 Å². The average molecular weight is 273 g/mol. The summed E-state index contributed by atoms with van der Waals surface area (Å²) in [5.41, 5.74) is 2.96. The maximum atomic E-state index is 5.39. The third kappa shape index (κ3) is 2.51. The van der Waals surface area contributed by atoms with Crippen LogP contribution in [0.2, 0.25) is 0 Å². The highest BCUT2D eigenvalue weighted by atomic mass is 16.5. The number of ether oxygens (including phenoxy) is 1. The molecule has 2 aromatic rings. The number of morpholine rings is 1. The van der Waals surface area contributed by atoms with Gasteiger partial charge in [0.05, 0.1) is 18.9 Å². The van der Waals surface area contributed by atoms with Gasteiger partial charge in [-0.25, -0.2) is 9.67 Å². The molecule has 3 heterocycles. The van der Waals surface area contributed by atoms with Gasteiger partial charge in [-0.1, -0.05) is 0 Å². The summed E-state index contributed by atoms with van der Waals surface area (Å²) in [6.45, 7) is 9.21. The van der Waals surface area contributed by atoms with Gasteiger partial charge >= 0.3 is 0 Å². The molecular weight excluding hydrogens is 254 g/mol. The Hall–Kier alpha value is -1.95. The normalized spacial score (nSPS) is 15.7. The van der Waals surface area contributed by atoms with E-state index < -0.39 is 0 Å². The highest BCUT2D eigenvalue weighted by Gasteiger charge is 2.15. The summed E-state index contributed by atoms with van der Waals surface area (Å²) in [5, 5.41) is 4.46. The van der Waals surface area contributed by atoms with Crippen LogP contribution in [0.3, 0.4) is 0 Å². The lowest BCUT2D eigenvalue weighted by atomic mass is 10.3. The summed E-state index contributed by atoms with van der Waals surface area (Å²) in [4.78, 5) is 11.4. The van der Waals surface area contributed by atoms with Crippen LogP contribution in [0.15, 0.2) is 12.1 Å². The van der Waals surface area contributed by atoms with Gasteiger partial charge in [0.1, 0.15) is 5.82 Å². The standard InChI is InChI=1S/C14H19N5O/c1-10-9-13(18-4-6-20-7-5-18)16-14(15-10)19-12(3)8-11(2)17-19/h8-9H,4-7H2,1-3H3. The third-order valence-corrected chi connectivity index (χ3v) is 3.36. The predicted octanol–water partition coefficient (Wildman–Crippen LogP) is 1.42. The molecule has 0 aliphatic carbocycles. The number of hydrogen-bond acceptors (Lipinski definition) is 5. The third-order valence-electron chi connectivity index (χ3n) is 3.36. The van der Waals surface area contributed by atoms with Crippen molar-refractivity contribution in [3.8, 4) is 5.95 Å². The Labute approximate surface area is 118 Å². The van der Waals surface area contributed by atoms with Crippen LogP contribution in [-0.2, 0) is 4.74 Å². The Kier molecular flexibility index (Phi) is 3.40. The van der Waals surface area contributed by atoms with Gasteiger partial charge in [-0.2, -0.15) is 10.1 Å². The summed E-state index contributed by atoms with van der Waals surface area (Å²) in [5.74, 6) is 1.58. The van der Waals surface area contributed by atoms with E-state index in [0.29, 0.717) is 5.95 Å². The summed E-state index contributed by atoms with van der Waals surface area (Å²) >= 11 is 0. The molecule has 1 aliphatic heterocycles. The van der Waals surface area contributed by atoms with E-state index in [1.165, 1.54) is 0 Å². The second kappa shape index (κ2) is 5.20. The van der Waals surface area contributed by atoms with Gasteiger partial charge in [0.25, 0.3) is 5.95 Å². The fourth-order valence-electron chi connectivity index (χ4n) is 2.42. The molecule has 0 saturated carbocycles. The number of aryl methyl sites for hydroxylation is 3. The lowest BCUT2D eigenvalue weighted by molar-refractivity contribution is 0.122. The molecule has 0 N–H and O–H groups in total. The van der Waals surface area contributed by atoms with Gasteiger partial charge < -0.3 is 9.64 Å². The highest BCUT2D eigenvalue weighted by molar-refractivity contribution is 5.42. The molecular formula is C14H19N5O. The molecule has 0 spiro atoms. The molecule has 3 rings (SSSR count). The first-order valence-corrected chi connectivity index (χ1v) is 6.85. The zero-order chi connectivity index (χ0) is 14.1. The predicted molar refractivity (Wildman–Crippen MR) is 76.4 cm³/mol. The van der Waals surface area contributed by atoms with Crippen LogP contribution in [0, 0.1) is 20.8 Å². The van der Waals surface area contributed by atoms with E-state index >= 15 is 0 Å². The van der Waals surface area contributed by atoms with Gasteiger partial charge in [-0.05, 0) is 26.8 Å². The van der Waals surface area contributed by atoms with Crippen molar-refractivity contribution in [1.29, 1.82) is 0 Å². The van der Waals surface area contributed by atoms with E-state index in [9.17, 15) is 0 Å². The zero-order valence-electron chi connectivity index (χ0n) is 12.1. The van der Waals surface area contributed by atoms with Crippen molar-refractivity contribution in [3.05, 3.63) is 29.2 Å². The molecule has 2 aromatic heterocycles. The summed E-state index contributed by atoms with van der Waals surface area (Å²) in [7, 11) is 0. The van der Waals surface area contributed by atoms with Crippen LogP contribution >= 0.6 is 0 Å². The van der Waals surface area contributed by atoms with Gasteiger partial charge in [0, 0.05) is 30.5 Å². The van der Waals surface area contributed by atoms with E-state index in [0.717, 1.165) is 49.2 Å². The van der Waals surface area contributed by atoms with Crippen molar-refractivity contribution in [2.24, 2.45) is 0 Å². The minimum Gasteiger partial charge on any atom is -0.378 e. The first kappa shape index (κ1) is 13.1. The molecule has 0 radical (unpaired) electrons. The van der Waals surface area contributed by atoms with Crippen LogP contribution in [0.4, 0.5) is 5.82 Å². The molecule has 1 aliphatic rings. The topological polar surface area (TPSA) is 56.1 Å². The molecule has 6 nitrogen and oxygen atoms in total. The number of hydrogen-bond donors (Lipinski definition) is 0. The van der Waals surface area contributed by atoms with Crippen molar-refractivity contribution in [2.75, 3.05) is 31.2 Å². The number of nitrogens with zero attached hydrogens (tertiary/aromatic N) is 5. The van der Waals surface area contributed by atoms with Gasteiger partial charge in [-0.3, -0.25) is 0 Å². The second-order valence-corrected chi connectivity index (χ2v) is 5.11. The molecule has 106 valence electrons. The monoisotopic (exact) mass is 273 g/mol. The van der Waals surface area contributed by atoms with Crippen LogP contribution in [0.1, 0.15) is 17.1 Å². The van der Waals surface area contributed by atoms with Gasteiger partial charge in [0.15, 0.2) is 0 Å². The molecule has 1 saturated heterocycles. The van der Waals surface area contributed by atoms with Gasteiger partial charge in [0.2, 0.25) is 0 Å². The average Bonchev–Trinajstić information content (AvgIpc) is 2.78. The number of rotatable bonds is 2. The lowest BCUT2D eigenvalue weighted by Crippen LogP contribution is -2.37.